The van der Waals surface area contributed by atoms with Crippen LogP contribution in [0.3, 0.4) is 0 Å². The summed E-state index contributed by atoms with van der Waals surface area (Å²) in [5.41, 5.74) is 7.04. The van der Waals surface area contributed by atoms with Crippen molar-refractivity contribution in [2.24, 2.45) is 5.73 Å². The largest absolute Gasteiger partial charge is 0.465 e. The second-order valence-corrected chi connectivity index (χ2v) is 7.08. The molecule has 0 saturated carbocycles. The van der Waals surface area contributed by atoms with Crippen LogP contribution in [0.1, 0.15) is 39.4 Å². The summed E-state index contributed by atoms with van der Waals surface area (Å²) in [6.07, 6.45) is 8.31. The molecule has 1 aliphatic carbocycles. The number of hydrogen-bond acceptors (Lipinski definition) is 5. The molecule has 0 unspecified atom stereocenters. The first kappa shape index (κ1) is 17.4. The normalized spacial score (nSPS) is 13.4. The number of furan rings is 1. The maximum absolute atomic E-state index is 11.9. The first-order valence-electron chi connectivity index (χ1n) is 7.82. The molecule has 0 aliphatic heterocycles. The maximum atomic E-state index is 11.9. The molecule has 2 aromatic rings. The van der Waals surface area contributed by atoms with Crippen LogP contribution in [0.4, 0.5) is 5.00 Å². The number of thiophene rings is 1. The van der Waals surface area contributed by atoms with Gasteiger partial charge in [0.25, 0.3) is 5.91 Å². The standard InChI is InChI=1S/C17H17N3O3S2/c18-15(22)14-11-5-1-2-6-12(11)25-16(14)20-17(24)19-13(21)8-7-10-4-3-9-23-10/h3-4,7-9H,1-2,5-6H2,(H2,18,22)(H2,19,20,21,24)/b8-7+. The van der Waals surface area contributed by atoms with E-state index in [0.29, 0.717) is 16.3 Å². The van der Waals surface area contributed by atoms with Gasteiger partial charge in [0.05, 0.1) is 11.8 Å². The van der Waals surface area contributed by atoms with E-state index in [4.69, 9.17) is 22.4 Å². The monoisotopic (exact) mass is 375 g/mol. The van der Waals surface area contributed by atoms with E-state index < -0.39 is 11.8 Å². The van der Waals surface area contributed by atoms with Crippen LogP contribution in [0.5, 0.6) is 0 Å². The molecule has 6 nitrogen and oxygen atoms in total. The SMILES string of the molecule is NC(=O)c1c(NC(=S)NC(=O)/C=C/c2ccco2)sc2c1CCCC2. The fourth-order valence-corrected chi connectivity index (χ4v) is 4.31. The molecule has 1 aliphatic rings. The minimum Gasteiger partial charge on any atom is -0.465 e. The Hall–Kier alpha value is -2.45. The number of hydrogen-bond donors (Lipinski definition) is 3. The predicted octanol–water partition coefficient (Wildman–Crippen LogP) is 2.85. The molecule has 2 aromatic heterocycles. The number of amides is 2. The number of rotatable bonds is 4. The molecule has 0 aromatic carbocycles. The second kappa shape index (κ2) is 7.62. The maximum Gasteiger partial charge on any atom is 0.251 e. The molecule has 2 heterocycles. The van der Waals surface area contributed by atoms with Gasteiger partial charge in [0.1, 0.15) is 10.8 Å². The Kier molecular flexibility index (Phi) is 5.30. The van der Waals surface area contributed by atoms with Gasteiger partial charge in [-0.25, -0.2) is 0 Å². The summed E-state index contributed by atoms with van der Waals surface area (Å²) in [5, 5.41) is 6.20. The van der Waals surface area contributed by atoms with Gasteiger partial charge in [-0.1, -0.05) is 0 Å². The summed E-state index contributed by atoms with van der Waals surface area (Å²) in [6.45, 7) is 0. The highest BCUT2D eigenvalue weighted by Crippen LogP contribution is 2.37. The third kappa shape index (κ3) is 4.15. The Morgan fingerprint density at radius 3 is 2.84 bits per heavy atom. The molecule has 0 spiro atoms. The Bertz CT molecular complexity index is 838. The first-order valence-corrected chi connectivity index (χ1v) is 9.05. The number of nitrogens with one attached hydrogen (secondary N) is 2. The highest BCUT2D eigenvalue weighted by atomic mass is 32.1. The van der Waals surface area contributed by atoms with Gasteiger partial charge in [-0.05, 0) is 61.7 Å². The third-order valence-corrected chi connectivity index (χ3v) is 5.24. The van der Waals surface area contributed by atoms with E-state index in [1.54, 1.807) is 12.1 Å². The Balaban J connectivity index is 1.67. The molecule has 0 fully saturated rings. The summed E-state index contributed by atoms with van der Waals surface area (Å²) in [4.78, 5) is 24.9. The minimum atomic E-state index is -0.478. The van der Waals surface area contributed by atoms with Crippen LogP contribution in [0.25, 0.3) is 6.08 Å². The van der Waals surface area contributed by atoms with Crippen molar-refractivity contribution in [3.05, 3.63) is 46.2 Å². The highest BCUT2D eigenvalue weighted by Gasteiger charge is 2.24. The van der Waals surface area contributed by atoms with Gasteiger partial charge in [-0.15, -0.1) is 11.3 Å². The lowest BCUT2D eigenvalue weighted by atomic mass is 9.95. The van der Waals surface area contributed by atoms with Crippen molar-refractivity contribution in [3.63, 3.8) is 0 Å². The number of carbonyl (C=O) groups is 2. The smallest absolute Gasteiger partial charge is 0.251 e. The molecule has 8 heteroatoms. The first-order chi connectivity index (χ1) is 12.0. The van der Waals surface area contributed by atoms with Crippen molar-refractivity contribution in [3.8, 4) is 0 Å². The van der Waals surface area contributed by atoms with E-state index in [2.05, 4.69) is 10.6 Å². The topological polar surface area (TPSA) is 97.4 Å². The molecule has 0 bridgehead atoms. The molecular weight excluding hydrogens is 358 g/mol. The van der Waals surface area contributed by atoms with Crippen LogP contribution < -0.4 is 16.4 Å². The van der Waals surface area contributed by atoms with Crippen molar-refractivity contribution >= 4 is 51.6 Å². The van der Waals surface area contributed by atoms with Crippen LogP contribution in [0.2, 0.25) is 0 Å². The number of thiocarbonyl (C=S) groups is 1. The quantitative estimate of drug-likeness (QED) is 0.564. The lowest BCUT2D eigenvalue weighted by Crippen LogP contribution is -2.33. The molecule has 0 saturated heterocycles. The molecule has 0 radical (unpaired) electrons. The molecule has 0 atom stereocenters. The van der Waals surface area contributed by atoms with Crippen molar-refractivity contribution in [2.45, 2.75) is 25.7 Å². The van der Waals surface area contributed by atoms with Gasteiger partial charge in [0.15, 0.2) is 5.11 Å². The van der Waals surface area contributed by atoms with Gasteiger partial charge < -0.3 is 15.5 Å². The number of fused-ring (bicyclic) bond motifs is 1. The number of primary amides is 1. The number of nitrogens with two attached hydrogens (primary N) is 1. The van der Waals surface area contributed by atoms with Crippen LogP contribution in [0.15, 0.2) is 28.9 Å². The third-order valence-electron chi connectivity index (χ3n) is 3.82. The zero-order valence-electron chi connectivity index (χ0n) is 13.3. The molecular formula is C17H17N3O3S2. The van der Waals surface area contributed by atoms with Crippen molar-refractivity contribution in [2.75, 3.05) is 5.32 Å². The van der Waals surface area contributed by atoms with Crippen molar-refractivity contribution in [1.29, 1.82) is 0 Å². The van der Waals surface area contributed by atoms with E-state index >= 15 is 0 Å². The fourth-order valence-electron chi connectivity index (χ4n) is 2.75. The van der Waals surface area contributed by atoms with E-state index in [-0.39, 0.29) is 5.11 Å². The summed E-state index contributed by atoms with van der Waals surface area (Å²) >= 11 is 6.64. The van der Waals surface area contributed by atoms with Gasteiger partial charge in [-0.2, -0.15) is 0 Å². The number of anilines is 1. The van der Waals surface area contributed by atoms with Crippen LogP contribution in [0, 0.1) is 0 Å². The molecule has 3 rings (SSSR count). The van der Waals surface area contributed by atoms with E-state index in [1.807, 2.05) is 0 Å². The van der Waals surface area contributed by atoms with Crippen LogP contribution in [-0.4, -0.2) is 16.9 Å². The zero-order valence-corrected chi connectivity index (χ0v) is 15.0. The number of aryl methyl sites for hydroxylation is 1. The second-order valence-electron chi connectivity index (χ2n) is 5.57. The summed E-state index contributed by atoms with van der Waals surface area (Å²) in [5.74, 6) is -0.305. The summed E-state index contributed by atoms with van der Waals surface area (Å²) < 4.78 is 5.11. The minimum absolute atomic E-state index is 0.121. The van der Waals surface area contributed by atoms with Crippen molar-refractivity contribution in [1.82, 2.24) is 5.32 Å². The molecule has 130 valence electrons. The average Bonchev–Trinajstić information content (AvgIpc) is 3.19. The van der Waals surface area contributed by atoms with E-state index in [0.717, 1.165) is 36.1 Å². The van der Waals surface area contributed by atoms with Crippen LogP contribution >= 0.6 is 23.6 Å². The van der Waals surface area contributed by atoms with E-state index in [1.165, 1.54) is 29.8 Å². The van der Waals surface area contributed by atoms with Crippen LogP contribution in [-0.2, 0) is 17.6 Å². The zero-order chi connectivity index (χ0) is 17.8. The molecule has 4 N–H and O–H groups in total. The Morgan fingerprint density at radius 2 is 2.12 bits per heavy atom. The van der Waals surface area contributed by atoms with E-state index in [9.17, 15) is 9.59 Å². The Morgan fingerprint density at radius 1 is 1.32 bits per heavy atom. The average molecular weight is 375 g/mol. The van der Waals surface area contributed by atoms with Gasteiger partial charge in [-0.3, -0.25) is 14.9 Å². The predicted molar refractivity (Wildman–Crippen MR) is 102 cm³/mol. The van der Waals surface area contributed by atoms with Gasteiger partial charge in [0.2, 0.25) is 5.91 Å². The van der Waals surface area contributed by atoms with Crippen molar-refractivity contribution < 1.29 is 14.0 Å². The molecule has 25 heavy (non-hydrogen) atoms. The fraction of sp³-hybridized carbons (Fsp3) is 0.235. The Labute approximate surface area is 154 Å². The molecule has 2 amide bonds. The van der Waals surface area contributed by atoms with Gasteiger partial charge >= 0.3 is 0 Å². The number of carbonyl (C=O) groups excluding carboxylic acids is 2. The van der Waals surface area contributed by atoms with Gasteiger partial charge in [0, 0.05) is 11.0 Å². The lowest BCUT2D eigenvalue weighted by Gasteiger charge is -2.11. The summed E-state index contributed by atoms with van der Waals surface area (Å²) in [7, 11) is 0. The highest BCUT2D eigenvalue weighted by molar-refractivity contribution is 7.80. The lowest BCUT2D eigenvalue weighted by molar-refractivity contribution is -0.115. The summed E-state index contributed by atoms with van der Waals surface area (Å²) in [6, 6.07) is 3.46.